The van der Waals surface area contributed by atoms with Gasteiger partial charge >= 0.3 is 0 Å². The zero-order valence-corrected chi connectivity index (χ0v) is 47.5. The van der Waals surface area contributed by atoms with Gasteiger partial charge in [-0.15, -0.1) is 0 Å². The summed E-state index contributed by atoms with van der Waals surface area (Å²) in [6.45, 7) is 0. The Balaban J connectivity index is 0.850. The van der Waals surface area contributed by atoms with Gasteiger partial charge in [0, 0.05) is 16.5 Å². The SMILES string of the molecule is c1ccc2c(c1)cc(-c1ccc(-c3ccc4c(c3)c3cc(-c5ccc(-c6cc7ccccc7c7ccccc67)cc5)ccc3n4-c3cc(-c4cc5ccccc5c5ccccc45)cc(-c4cc5ccccc5c5ccccc45)c3)cc1)c1ccccc12. The van der Waals surface area contributed by atoms with E-state index in [0.717, 1.165) is 16.7 Å². The van der Waals surface area contributed by atoms with Gasteiger partial charge < -0.3 is 4.57 Å². The average Bonchev–Trinajstić information content (AvgIpc) is 3.45. The van der Waals surface area contributed by atoms with Crippen LogP contribution in [0.2, 0.25) is 0 Å². The number of rotatable bonds is 7. The predicted molar refractivity (Wildman–Crippen MR) is 373 cm³/mol. The van der Waals surface area contributed by atoms with E-state index < -0.39 is 0 Å². The molecule has 18 aromatic rings. The lowest BCUT2D eigenvalue weighted by Gasteiger charge is -2.18. The van der Waals surface area contributed by atoms with Gasteiger partial charge in [0.25, 0.3) is 0 Å². The van der Waals surface area contributed by atoms with Gasteiger partial charge in [-0.2, -0.15) is 0 Å². The van der Waals surface area contributed by atoms with E-state index in [2.05, 4.69) is 326 Å². The van der Waals surface area contributed by atoms with Gasteiger partial charge in [-0.1, -0.05) is 255 Å². The van der Waals surface area contributed by atoms with E-state index in [1.54, 1.807) is 0 Å². The van der Waals surface area contributed by atoms with Gasteiger partial charge in [0.1, 0.15) is 0 Å². The van der Waals surface area contributed by atoms with Crippen LogP contribution in [0.3, 0.4) is 0 Å². The monoisotopic (exact) mass is 1100 g/mol. The smallest absolute Gasteiger partial charge is 0.0541 e. The number of aromatic nitrogens is 1. The molecule has 0 aliphatic heterocycles. The molecule has 1 heterocycles. The summed E-state index contributed by atoms with van der Waals surface area (Å²) in [6.07, 6.45) is 0. The quantitative estimate of drug-likeness (QED) is 0.140. The van der Waals surface area contributed by atoms with E-state index >= 15 is 0 Å². The van der Waals surface area contributed by atoms with Crippen molar-refractivity contribution in [2.45, 2.75) is 0 Å². The molecule has 0 bridgehead atoms. The molecule has 0 radical (unpaired) electrons. The number of hydrogen-bond acceptors (Lipinski definition) is 0. The zero-order chi connectivity index (χ0) is 57.1. The normalized spacial score (nSPS) is 11.9. The number of fused-ring (bicyclic) bond motifs is 15. The summed E-state index contributed by atoms with van der Waals surface area (Å²) in [7, 11) is 0. The van der Waals surface area contributed by atoms with E-state index in [1.165, 1.54) is 164 Å². The Morgan fingerprint density at radius 2 is 0.402 bits per heavy atom. The Kier molecular flexibility index (Phi) is 11.1. The first kappa shape index (κ1) is 49.1. The molecule has 1 aromatic heterocycles. The van der Waals surface area contributed by atoms with Crippen LogP contribution >= 0.6 is 0 Å². The molecule has 0 amide bonds. The third kappa shape index (κ3) is 7.94. The third-order valence-corrected chi connectivity index (χ3v) is 18.7. The van der Waals surface area contributed by atoms with Gasteiger partial charge in [-0.3, -0.25) is 0 Å². The fraction of sp³-hybridized carbons (Fsp3) is 0. The minimum Gasteiger partial charge on any atom is -0.309 e. The fourth-order valence-corrected chi connectivity index (χ4v) is 14.6. The molecular formula is C86H53N. The minimum absolute atomic E-state index is 1.11. The molecule has 0 unspecified atom stereocenters. The van der Waals surface area contributed by atoms with Crippen LogP contribution in [-0.2, 0) is 0 Å². The summed E-state index contributed by atoms with van der Waals surface area (Å²) in [5.74, 6) is 0. The predicted octanol–water partition coefficient (Wildman–Crippen LogP) is 24.0. The zero-order valence-electron chi connectivity index (χ0n) is 47.5. The first-order valence-electron chi connectivity index (χ1n) is 30.2. The summed E-state index contributed by atoms with van der Waals surface area (Å²) < 4.78 is 2.53. The molecule has 1 heteroatoms. The number of benzene rings is 17. The highest BCUT2D eigenvalue weighted by atomic mass is 15.0. The second-order valence-corrected chi connectivity index (χ2v) is 23.5. The molecule has 18 rings (SSSR count). The van der Waals surface area contributed by atoms with Crippen molar-refractivity contribution < 1.29 is 0 Å². The largest absolute Gasteiger partial charge is 0.309 e. The standard InChI is InChI=1S/C86H53N/c1-5-21-67-60(17-1)50-79(75-29-13-9-25-71(67)75)56-37-33-54(34-38-56)58-41-43-85-83(48-58)84-49-59(55-35-39-57(40-36-55)80-51-61-18-2-6-22-68(61)72-26-10-14-30-76(72)80)42-44-86(84)87(85)66-46-64(81-52-62-19-3-7-23-69(62)73-27-11-15-31-77(73)81)45-65(47-66)82-53-63-20-4-8-24-70(63)74-28-12-16-32-78(74)82/h1-53H. The van der Waals surface area contributed by atoms with Crippen molar-refractivity contribution in [1.82, 2.24) is 4.57 Å². The fourth-order valence-electron chi connectivity index (χ4n) is 14.6. The van der Waals surface area contributed by atoms with Gasteiger partial charge in [0.15, 0.2) is 0 Å². The van der Waals surface area contributed by atoms with Crippen LogP contribution in [-0.4, -0.2) is 4.57 Å². The van der Waals surface area contributed by atoms with Crippen LogP contribution in [0.15, 0.2) is 322 Å². The van der Waals surface area contributed by atoms with Crippen LogP contribution in [0, 0.1) is 0 Å². The molecule has 1 nitrogen and oxygen atoms in total. The maximum absolute atomic E-state index is 2.53. The lowest BCUT2D eigenvalue weighted by Crippen LogP contribution is -1.97. The van der Waals surface area contributed by atoms with Crippen molar-refractivity contribution in [2.75, 3.05) is 0 Å². The lowest BCUT2D eigenvalue weighted by molar-refractivity contribution is 1.18. The van der Waals surface area contributed by atoms with Gasteiger partial charge in [-0.25, -0.2) is 0 Å². The lowest BCUT2D eigenvalue weighted by atomic mass is 9.89. The van der Waals surface area contributed by atoms with E-state index in [-0.39, 0.29) is 0 Å². The molecular weight excluding hydrogens is 1050 g/mol. The molecule has 0 fully saturated rings. The van der Waals surface area contributed by atoms with Crippen LogP contribution in [0.4, 0.5) is 0 Å². The summed E-state index contributed by atoms with van der Waals surface area (Å²) in [5.41, 5.74) is 17.8. The van der Waals surface area contributed by atoms with Gasteiger partial charge in [0.05, 0.1) is 11.0 Å². The van der Waals surface area contributed by atoms with E-state index in [0.29, 0.717) is 0 Å². The molecule has 0 aliphatic rings. The molecule has 0 spiro atoms. The average molecular weight is 1100 g/mol. The Morgan fingerprint density at radius 1 is 0.149 bits per heavy atom. The summed E-state index contributed by atoms with van der Waals surface area (Å²) in [5, 5.41) is 22.5. The van der Waals surface area contributed by atoms with Crippen LogP contribution in [0.25, 0.3) is 180 Å². The third-order valence-electron chi connectivity index (χ3n) is 18.7. The Bertz CT molecular complexity index is 5510. The summed E-state index contributed by atoms with van der Waals surface area (Å²) >= 11 is 0. The first-order valence-corrected chi connectivity index (χ1v) is 30.2. The molecule has 0 saturated carbocycles. The highest BCUT2D eigenvalue weighted by Crippen LogP contribution is 2.45. The Hall–Kier alpha value is -11.4. The van der Waals surface area contributed by atoms with Crippen LogP contribution < -0.4 is 0 Å². The molecule has 0 N–H and O–H groups in total. The number of nitrogens with zero attached hydrogens (tertiary/aromatic N) is 1. The van der Waals surface area contributed by atoms with E-state index in [4.69, 9.17) is 0 Å². The number of hydrogen-bond donors (Lipinski definition) is 0. The molecule has 87 heavy (non-hydrogen) atoms. The molecule has 0 atom stereocenters. The Morgan fingerprint density at radius 3 is 0.724 bits per heavy atom. The molecule has 0 saturated heterocycles. The van der Waals surface area contributed by atoms with E-state index in [9.17, 15) is 0 Å². The molecule has 402 valence electrons. The summed E-state index contributed by atoms with van der Waals surface area (Å²) in [6, 6.07) is 120. The van der Waals surface area contributed by atoms with Crippen LogP contribution in [0.1, 0.15) is 0 Å². The van der Waals surface area contributed by atoms with Crippen molar-refractivity contribution >= 4 is 108 Å². The van der Waals surface area contributed by atoms with Crippen molar-refractivity contribution in [1.29, 1.82) is 0 Å². The highest BCUT2D eigenvalue weighted by Gasteiger charge is 2.21. The maximum atomic E-state index is 2.53. The Labute approximate surface area is 503 Å². The highest BCUT2D eigenvalue weighted by molar-refractivity contribution is 6.19. The second-order valence-electron chi connectivity index (χ2n) is 23.5. The topological polar surface area (TPSA) is 4.93 Å². The second kappa shape index (κ2) is 19.6. The van der Waals surface area contributed by atoms with Crippen molar-refractivity contribution in [3.63, 3.8) is 0 Å². The molecule has 17 aromatic carbocycles. The van der Waals surface area contributed by atoms with Crippen molar-refractivity contribution in [3.8, 4) is 72.4 Å². The van der Waals surface area contributed by atoms with Crippen molar-refractivity contribution in [2.24, 2.45) is 0 Å². The van der Waals surface area contributed by atoms with Crippen LogP contribution in [0.5, 0.6) is 0 Å². The maximum Gasteiger partial charge on any atom is 0.0541 e. The minimum atomic E-state index is 1.11. The van der Waals surface area contributed by atoms with Gasteiger partial charge in [-0.05, 0) is 220 Å². The van der Waals surface area contributed by atoms with Crippen molar-refractivity contribution in [3.05, 3.63) is 322 Å². The van der Waals surface area contributed by atoms with Gasteiger partial charge in [0.2, 0.25) is 0 Å². The molecule has 0 aliphatic carbocycles. The van der Waals surface area contributed by atoms with E-state index in [1.807, 2.05) is 0 Å². The summed E-state index contributed by atoms with van der Waals surface area (Å²) in [4.78, 5) is 0. The first-order chi connectivity index (χ1) is 43.1.